The van der Waals surface area contributed by atoms with Crippen LogP contribution in [-0.4, -0.2) is 29.9 Å². The van der Waals surface area contributed by atoms with Crippen molar-refractivity contribution in [3.8, 4) is 0 Å². The van der Waals surface area contributed by atoms with Crippen LogP contribution in [0.2, 0.25) is 5.02 Å². The van der Waals surface area contributed by atoms with E-state index in [9.17, 15) is 9.59 Å². The van der Waals surface area contributed by atoms with E-state index in [4.69, 9.17) is 11.6 Å². The topological polar surface area (TPSA) is 65.2 Å². The van der Waals surface area contributed by atoms with Crippen molar-refractivity contribution in [1.82, 2.24) is 10.3 Å². The summed E-state index contributed by atoms with van der Waals surface area (Å²) in [6.07, 6.45) is 2.68. The second kappa shape index (κ2) is 8.27. The van der Waals surface area contributed by atoms with E-state index >= 15 is 0 Å². The van der Waals surface area contributed by atoms with Crippen molar-refractivity contribution in [3.05, 3.63) is 64.8 Å². The molecular formula is C21H22ClN3O2. The first-order valence-corrected chi connectivity index (χ1v) is 9.19. The highest BCUT2D eigenvalue weighted by atomic mass is 35.5. The Morgan fingerprint density at radius 3 is 2.74 bits per heavy atom. The van der Waals surface area contributed by atoms with Crippen LogP contribution in [0.15, 0.2) is 48.7 Å². The predicted octanol–water partition coefficient (Wildman–Crippen LogP) is 3.84. The Bertz CT molecular complexity index is 980. The number of benzene rings is 2. The van der Waals surface area contributed by atoms with Crippen LogP contribution in [0.4, 0.5) is 5.69 Å². The summed E-state index contributed by atoms with van der Waals surface area (Å²) in [4.78, 5) is 29.1. The number of hydrogen-bond acceptors (Lipinski definition) is 2. The van der Waals surface area contributed by atoms with Crippen molar-refractivity contribution < 1.29 is 9.59 Å². The molecule has 3 aromatic rings. The number of aromatic amines is 1. The molecule has 0 saturated carbocycles. The lowest BCUT2D eigenvalue weighted by molar-refractivity contribution is -0.123. The molecule has 0 spiro atoms. The fourth-order valence-corrected chi connectivity index (χ4v) is 3.28. The Balaban J connectivity index is 1.61. The van der Waals surface area contributed by atoms with Gasteiger partial charge in [-0.3, -0.25) is 9.59 Å². The number of aromatic nitrogens is 1. The predicted molar refractivity (Wildman–Crippen MR) is 109 cm³/mol. The van der Waals surface area contributed by atoms with Crippen LogP contribution < -0.4 is 10.2 Å². The molecule has 2 N–H and O–H groups in total. The van der Waals surface area contributed by atoms with Gasteiger partial charge in [0.1, 0.15) is 6.54 Å². The standard InChI is InChI=1S/C21H22ClN3O2/c1-14-7-8-17(22)11-20(14)25(15(2)26)13-21(27)23-10-9-16-12-24-19-6-4-3-5-18(16)19/h3-8,11-12,24H,9-10,13H2,1-2H3,(H,23,27). The highest BCUT2D eigenvalue weighted by molar-refractivity contribution is 6.31. The molecule has 0 aliphatic rings. The van der Waals surface area contributed by atoms with Crippen LogP contribution in [0.1, 0.15) is 18.1 Å². The molecule has 0 bridgehead atoms. The Kier molecular flexibility index (Phi) is 5.81. The molecule has 0 atom stereocenters. The number of amides is 2. The lowest BCUT2D eigenvalue weighted by Gasteiger charge is -2.22. The number of para-hydroxylation sites is 1. The van der Waals surface area contributed by atoms with Crippen LogP contribution in [0.5, 0.6) is 0 Å². The average Bonchev–Trinajstić information content (AvgIpc) is 3.05. The van der Waals surface area contributed by atoms with Gasteiger partial charge in [-0.05, 0) is 42.7 Å². The van der Waals surface area contributed by atoms with Crippen LogP contribution in [-0.2, 0) is 16.0 Å². The van der Waals surface area contributed by atoms with E-state index in [0.29, 0.717) is 23.7 Å². The van der Waals surface area contributed by atoms with Crippen LogP contribution in [0.3, 0.4) is 0 Å². The summed E-state index contributed by atoms with van der Waals surface area (Å²) in [6, 6.07) is 13.4. The summed E-state index contributed by atoms with van der Waals surface area (Å²) in [6.45, 7) is 3.79. The first kappa shape index (κ1) is 19.0. The zero-order valence-electron chi connectivity index (χ0n) is 15.4. The number of rotatable bonds is 6. The number of aryl methyl sites for hydroxylation is 1. The highest BCUT2D eigenvalue weighted by Crippen LogP contribution is 2.24. The third-order valence-electron chi connectivity index (χ3n) is 4.54. The number of fused-ring (bicyclic) bond motifs is 1. The molecule has 0 aliphatic heterocycles. The molecule has 6 heteroatoms. The number of anilines is 1. The minimum Gasteiger partial charge on any atom is -0.361 e. The van der Waals surface area contributed by atoms with Gasteiger partial charge in [0.25, 0.3) is 0 Å². The van der Waals surface area contributed by atoms with Crippen LogP contribution in [0.25, 0.3) is 10.9 Å². The number of carbonyl (C=O) groups excluding carboxylic acids is 2. The van der Waals surface area contributed by atoms with Gasteiger partial charge in [-0.15, -0.1) is 0 Å². The van der Waals surface area contributed by atoms with E-state index in [1.807, 2.05) is 37.4 Å². The lowest BCUT2D eigenvalue weighted by atomic mass is 10.1. The molecule has 2 amide bonds. The fraction of sp³-hybridized carbons (Fsp3) is 0.238. The quantitative estimate of drug-likeness (QED) is 0.679. The maximum absolute atomic E-state index is 12.4. The number of nitrogens with zero attached hydrogens (tertiary/aromatic N) is 1. The molecule has 5 nitrogen and oxygen atoms in total. The number of carbonyl (C=O) groups is 2. The molecule has 0 aliphatic carbocycles. The van der Waals surface area contributed by atoms with Crippen molar-refractivity contribution in [3.63, 3.8) is 0 Å². The summed E-state index contributed by atoms with van der Waals surface area (Å²) in [7, 11) is 0. The maximum Gasteiger partial charge on any atom is 0.240 e. The highest BCUT2D eigenvalue weighted by Gasteiger charge is 2.18. The first-order chi connectivity index (χ1) is 13.0. The van der Waals surface area contributed by atoms with E-state index in [2.05, 4.69) is 16.4 Å². The monoisotopic (exact) mass is 383 g/mol. The van der Waals surface area contributed by atoms with E-state index in [1.54, 1.807) is 12.1 Å². The Morgan fingerprint density at radius 2 is 1.96 bits per heavy atom. The average molecular weight is 384 g/mol. The largest absolute Gasteiger partial charge is 0.361 e. The van der Waals surface area contributed by atoms with Gasteiger partial charge in [-0.1, -0.05) is 35.9 Å². The molecule has 2 aromatic carbocycles. The minimum absolute atomic E-state index is 0.0373. The third kappa shape index (κ3) is 4.49. The normalized spacial score (nSPS) is 10.8. The van der Waals surface area contributed by atoms with Gasteiger partial charge in [0, 0.05) is 41.3 Å². The SMILES string of the molecule is CC(=O)N(CC(=O)NCCc1c[nH]c2ccccc12)c1cc(Cl)ccc1C. The summed E-state index contributed by atoms with van der Waals surface area (Å²) < 4.78 is 0. The van der Waals surface area contributed by atoms with Gasteiger partial charge < -0.3 is 15.2 Å². The van der Waals surface area contributed by atoms with Gasteiger partial charge in [-0.25, -0.2) is 0 Å². The molecule has 140 valence electrons. The van der Waals surface area contributed by atoms with E-state index in [-0.39, 0.29) is 18.4 Å². The number of nitrogens with one attached hydrogen (secondary N) is 2. The first-order valence-electron chi connectivity index (χ1n) is 8.81. The van der Waals surface area contributed by atoms with Crippen molar-refractivity contribution >= 4 is 40.0 Å². The van der Waals surface area contributed by atoms with Gasteiger partial charge in [-0.2, -0.15) is 0 Å². The molecule has 1 aromatic heterocycles. The minimum atomic E-state index is -0.204. The molecule has 0 saturated heterocycles. The zero-order chi connectivity index (χ0) is 19.4. The summed E-state index contributed by atoms with van der Waals surface area (Å²) >= 11 is 6.05. The van der Waals surface area contributed by atoms with E-state index in [0.717, 1.165) is 22.0 Å². The van der Waals surface area contributed by atoms with Gasteiger partial charge >= 0.3 is 0 Å². The molecule has 0 unspecified atom stereocenters. The Morgan fingerprint density at radius 1 is 1.19 bits per heavy atom. The number of hydrogen-bond donors (Lipinski definition) is 2. The second-order valence-electron chi connectivity index (χ2n) is 6.50. The molecular weight excluding hydrogens is 362 g/mol. The molecule has 0 radical (unpaired) electrons. The molecule has 0 fully saturated rings. The molecule has 3 rings (SSSR count). The summed E-state index contributed by atoms with van der Waals surface area (Å²) in [5.74, 6) is -0.406. The summed E-state index contributed by atoms with van der Waals surface area (Å²) in [5.41, 5.74) is 3.78. The number of halogens is 1. The smallest absolute Gasteiger partial charge is 0.240 e. The van der Waals surface area contributed by atoms with Crippen molar-refractivity contribution in [2.75, 3.05) is 18.0 Å². The fourth-order valence-electron chi connectivity index (χ4n) is 3.11. The molecule has 1 heterocycles. The van der Waals surface area contributed by atoms with Gasteiger partial charge in [0.05, 0.1) is 0 Å². The van der Waals surface area contributed by atoms with E-state index in [1.165, 1.54) is 11.8 Å². The summed E-state index contributed by atoms with van der Waals surface area (Å²) in [5, 5.41) is 4.58. The Labute approximate surface area is 163 Å². The number of H-pyrrole nitrogens is 1. The lowest BCUT2D eigenvalue weighted by Crippen LogP contribution is -2.40. The van der Waals surface area contributed by atoms with Crippen LogP contribution in [0, 0.1) is 6.92 Å². The second-order valence-corrected chi connectivity index (χ2v) is 6.93. The maximum atomic E-state index is 12.4. The van der Waals surface area contributed by atoms with Crippen LogP contribution >= 0.6 is 11.6 Å². The van der Waals surface area contributed by atoms with Crippen molar-refractivity contribution in [1.29, 1.82) is 0 Å². The van der Waals surface area contributed by atoms with E-state index < -0.39 is 0 Å². The zero-order valence-corrected chi connectivity index (χ0v) is 16.1. The van der Waals surface area contributed by atoms with Crippen molar-refractivity contribution in [2.45, 2.75) is 20.3 Å². The third-order valence-corrected chi connectivity index (χ3v) is 4.77. The van der Waals surface area contributed by atoms with Crippen molar-refractivity contribution in [2.24, 2.45) is 0 Å². The Hall–Kier alpha value is -2.79. The van der Waals surface area contributed by atoms with Gasteiger partial charge in [0.15, 0.2) is 0 Å². The molecule has 27 heavy (non-hydrogen) atoms. The van der Waals surface area contributed by atoms with Gasteiger partial charge in [0.2, 0.25) is 11.8 Å².